The third kappa shape index (κ3) is 3.77. The summed E-state index contributed by atoms with van der Waals surface area (Å²) in [7, 11) is 0. The molecule has 124 valence electrons. The van der Waals surface area contributed by atoms with Gasteiger partial charge in [0.1, 0.15) is 23.1 Å². The Labute approximate surface area is 149 Å². The van der Waals surface area contributed by atoms with Crippen LogP contribution in [-0.2, 0) is 4.79 Å². The zero-order chi connectivity index (χ0) is 17.9. The number of carboxylic acid groups (broad SMARTS) is 1. The van der Waals surface area contributed by atoms with Crippen LogP contribution in [0.15, 0.2) is 32.6 Å². The molecule has 1 unspecified atom stereocenters. The maximum absolute atomic E-state index is 12.1. The minimum absolute atomic E-state index is 0.138. The van der Waals surface area contributed by atoms with E-state index < -0.39 is 17.6 Å². The summed E-state index contributed by atoms with van der Waals surface area (Å²) >= 11 is 4.53. The molecular weight excluding hydrogens is 398 g/mol. The number of H-pyrrole nitrogens is 1. The third-order valence-electron chi connectivity index (χ3n) is 3.05. The number of thioether (sulfide) groups is 1. The van der Waals surface area contributed by atoms with Gasteiger partial charge in [-0.2, -0.15) is 5.26 Å². The van der Waals surface area contributed by atoms with Gasteiger partial charge in [0.25, 0.3) is 5.56 Å². The number of nitrogens with zero attached hydrogens (tertiary/aromatic N) is 2. The SMILES string of the molecule is CSc1nc(-c2cc(Br)ccc2OC(C)C(=O)O)c(C#N)c(=O)[nH]1. The second-order valence-corrected chi connectivity index (χ2v) is 6.36. The van der Waals surface area contributed by atoms with Crippen molar-refractivity contribution in [3.05, 3.63) is 38.6 Å². The van der Waals surface area contributed by atoms with Crippen LogP contribution in [0, 0.1) is 11.3 Å². The van der Waals surface area contributed by atoms with Crippen molar-refractivity contribution in [3.63, 3.8) is 0 Å². The smallest absolute Gasteiger partial charge is 0.344 e. The number of aliphatic carboxylic acids is 1. The maximum atomic E-state index is 12.1. The Morgan fingerprint density at radius 1 is 1.54 bits per heavy atom. The molecule has 9 heteroatoms. The van der Waals surface area contributed by atoms with Gasteiger partial charge in [-0.15, -0.1) is 0 Å². The number of hydrogen-bond donors (Lipinski definition) is 2. The number of carbonyl (C=O) groups is 1. The van der Waals surface area contributed by atoms with Gasteiger partial charge in [0, 0.05) is 10.0 Å². The molecule has 2 rings (SSSR count). The largest absolute Gasteiger partial charge is 0.479 e. The predicted molar refractivity (Wildman–Crippen MR) is 92.2 cm³/mol. The lowest BCUT2D eigenvalue weighted by Gasteiger charge is -2.15. The van der Waals surface area contributed by atoms with Crippen LogP contribution in [0.2, 0.25) is 0 Å². The van der Waals surface area contributed by atoms with Gasteiger partial charge >= 0.3 is 5.97 Å². The van der Waals surface area contributed by atoms with E-state index in [-0.39, 0.29) is 17.0 Å². The second-order valence-electron chi connectivity index (χ2n) is 4.65. The topological polar surface area (TPSA) is 116 Å². The molecule has 1 heterocycles. The van der Waals surface area contributed by atoms with E-state index in [0.717, 1.165) is 0 Å². The lowest BCUT2D eigenvalue weighted by atomic mass is 10.1. The molecule has 1 aromatic heterocycles. The molecule has 24 heavy (non-hydrogen) atoms. The highest BCUT2D eigenvalue weighted by atomic mass is 79.9. The lowest BCUT2D eigenvalue weighted by molar-refractivity contribution is -0.144. The first kappa shape index (κ1) is 18.0. The molecule has 2 N–H and O–H groups in total. The highest BCUT2D eigenvalue weighted by molar-refractivity contribution is 9.10. The summed E-state index contributed by atoms with van der Waals surface area (Å²) in [6.07, 6.45) is 0.635. The van der Waals surface area contributed by atoms with E-state index in [4.69, 9.17) is 9.84 Å². The Balaban J connectivity index is 2.70. The summed E-state index contributed by atoms with van der Waals surface area (Å²) in [5, 5.41) is 18.7. The molecule has 0 aliphatic rings. The fourth-order valence-corrected chi connectivity index (χ4v) is 2.62. The van der Waals surface area contributed by atoms with Crippen LogP contribution in [0.1, 0.15) is 12.5 Å². The fraction of sp³-hybridized carbons (Fsp3) is 0.200. The molecule has 0 saturated carbocycles. The molecule has 1 atom stereocenters. The zero-order valence-electron chi connectivity index (χ0n) is 12.7. The first-order valence-electron chi connectivity index (χ1n) is 6.65. The predicted octanol–water partition coefficient (Wildman–Crippen LogP) is 2.64. The number of aromatic amines is 1. The van der Waals surface area contributed by atoms with Gasteiger partial charge < -0.3 is 14.8 Å². The monoisotopic (exact) mass is 409 g/mol. The minimum Gasteiger partial charge on any atom is -0.479 e. The van der Waals surface area contributed by atoms with Crippen molar-refractivity contribution in [1.82, 2.24) is 9.97 Å². The van der Waals surface area contributed by atoms with Gasteiger partial charge in [0.05, 0.1) is 0 Å². The molecule has 0 saturated heterocycles. The standard InChI is InChI=1S/C15H12BrN3O4S/c1-7(14(21)22)23-11-4-3-8(16)5-9(11)12-10(6-17)13(20)19-15(18-12)24-2/h3-5,7H,1-2H3,(H,21,22)(H,18,19,20). The highest BCUT2D eigenvalue weighted by Gasteiger charge is 2.20. The first-order valence-corrected chi connectivity index (χ1v) is 8.67. The Hall–Kier alpha value is -2.31. The van der Waals surface area contributed by atoms with Gasteiger partial charge in [-0.1, -0.05) is 27.7 Å². The molecular formula is C15H12BrN3O4S. The number of rotatable bonds is 5. The molecule has 7 nitrogen and oxygen atoms in total. The molecule has 0 aliphatic carbocycles. The van der Waals surface area contributed by atoms with Crippen molar-refractivity contribution in [2.45, 2.75) is 18.2 Å². The molecule has 0 aliphatic heterocycles. The van der Waals surface area contributed by atoms with Crippen LogP contribution in [0.4, 0.5) is 0 Å². The lowest BCUT2D eigenvalue weighted by Crippen LogP contribution is -2.23. The van der Waals surface area contributed by atoms with Crippen LogP contribution in [0.3, 0.4) is 0 Å². The van der Waals surface area contributed by atoms with E-state index >= 15 is 0 Å². The number of hydrogen-bond acceptors (Lipinski definition) is 6. The van der Waals surface area contributed by atoms with Crippen molar-refractivity contribution in [3.8, 4) is 23.1 Å². The van der Waals surface area contributed by atoms with E-state index in [1.807, 2.05) is 6.07 Å². The number of halogens is 1. The van der Waals surface area contributed by atoms with Crippen molar-refractivity contribution < 1.29 is 14.6 Å². The fourth-order valence-electron chi connectivity index (χ4n) is 1.88. The van der Waals surface area contributed by atoms with Crippen LogP contribution in [-0.4, -0.2) is 33.4 Å². The number of nitrogens with one attached hydrogen (secondary N) is 1. The van der Waals surface area contributed by atoms with Crippen LogP contribution in [0.5, 0.6) is 5.75 Å². The molecule has 0 radical (unpaired) electrons. The summed E-state index contributed by atoms with van der Waals surface area (Å²) in [6.45, 7) is 1.39. The Bertz CT molecular complexity index is 891. The molecule has 1 aromatic carbocycles. The summed E-state index contributed by atoms with van der Waals surface area (Å²) < 4.78 is 6.11. The Kier molecular flexibility index (Phi) is 5.64. The molecule has 0 amide bonds. The Morgan fingerprint density at radius 3 is 2.83 bits per heavy atom. The minimum atomic E-state index is -1.13. The molecule has 0 bridgehead atoms. The van der Waals surface area contributed by atoms with Crippen molar-refractivity contribution in [1.29, 1.82) is 5.26 Å². The number of carboxylic acids is 1. The van der Waals surface area contributed by atoms with Crippen LogP contribution >= 0.6 is 27.7 Å². The zero-order valence-corrected chi connectivity index (χ0v) is 15.1. The average molecular weight is 410 g/mol. The summed E-state index contributed by atoms with van der Waals surface area (Å²) in [5.74, 6) is -0.914. The van der Waals surface area contributed by atoms with Gasteiger partial charge in [-0.05, 0) is 31.4 Å². The number of benzene rings is 1. The van der Waals surface area contributed by atoms with Gasteiger partial charge in [0.15, 0.2) is 11.3 Å². The van der Waals surface area contributed by atoms with Crippen molar-refractivity contribution in [2.24, 2.45) is 0 Å². The second kappa shape index (κ2) is 7.51. The van der Waals surface area contributed by atoms with E-state index in [1.54, 1.807) is 24.5 Å². The summed E-state index contributed by atoms with van der Waals surface area (Å²) in [4.78, 5) is 29.9. The summed E-state index contributed by atoms with van der Waals surface area (Å²) in [5.41, 5.74) is -0.238. The quantitative estimate of drug-likeness (QED) is 0.575. The van der Waals surface area contributed by atoms with Crippen molar-refractivity contribution >= 4 is 33.7 Å². The van der Waals surface area contributed by atoms with E-state index in [2.05, 4.69) is 25.9 Å². The first-order chi connectivity index (χ1) is 11.4. The third-order valence-corrected chi connectivity index (χ3v) is 4.12. The van der Waals surface area contributed by atoms with Gasteiger partial charge in [-0.25, -0.2) is 9.78 Å². The maximum Gasteiger partial charge on any atom is 0.344 e. The van der Waals surface area contributed by atoms with Crippen molar-refractivity contribution in [2.75, 3.05) is 6.26 Å². The number of aromatic nitrogens is 2. The van der Waals surface area contributed by atoms with E-state index in [1.165, 1.54) is 18.7 Å². The van der Waals surface area contributed by atoms with Crippen LogP contribution in [0.25, 0.3) is 11.3 Å². The van der Waals surface area contributed by atoms with Crippen LogP contribution < -0.4 is 10.3 Å². The Morgan fingerprint density at radius 2 is 2.25 bits per heavy atom. The molecule has 2 aromatic rings. The van der Waals surface area contributed by atoms with Gasteiger partial charge in [-0.3, -0.25) is 4.79 Å². The normalized spacial score (nSPS) is 11.6. The van der Waals surface area contributed by atoms with E-state index in [9.17, 15) is 14.9 Å². The molecule has 0 spiro atoms. The van der Waals surface area contributed by atoms with Gasteiger partial charge in [0.2, 0.25) is 0 Å². The average Bonchev–Trinajstić information content (AvgIpc) is 2.55. The number of nitriles is 1. The molecule has 0 fully saturated rings. The number of ether oxygens (including phenoxy) is 1. The van der Waals surface area contributed by atoms with E-state index in [0.29, 0.717) is 15.2 Å². The summed E-state index contributed by atoms with van der Waals surface area (Å²) in [6, 6.07) is 6.68. The highest BCUT2D eigenvalue weighted by Crippen LogP contribution is 2.34.